The summed E-state index contributed by atoms with van der Waals surface area (Å²) in [6, 6.07) is 9.44. The van der Waals surface area contributed by atoms with Crippen LogP contribution in [0.25, 0.3) is 0 Å². The molecule has 3 aliphatic rings. The first-order chi connectivity index (χ1) is 13.2. The number of hydrogen-bond acceptors (Lipinski definition) is 5. The normalized spacial score (nSPS) is 22.2. The second kappa shape index (κ2) is 6.34. The lowest BCUT2D eigenvalue weighted by atomic mass is 9.76. The summed E-state index contributed by atoms with van der Waals surface area (Å²) < 4.78 is 22.4. The number of nitrogens with zero attached hydrogens (tertiary/aromatic N) is 1. The van der Waals surface area contributed by atoms with Crippen LogP contribution in [0.4, 0.5) is 0 Å². The number of hydrogen-bond donors (Lipinski definition) is 0. The smallest absolute Gasteiger partial charge is 0.231 e. The Kier molecular flexibility index (Phi) is 3.93. The van der Waals surface area contributed by atoms with E-state index in [0.717, 1.165) is 48.8 Å². The van der Waals surface area contributed by atoms with E-state index in [0.29, 0.717) is 18.9 Å². The van der Waals surface area contributed by atoms with Crippen LogP contribution in [0, 0.1) is 0 Å². The van der Waals surface area contributed by atoms with E-state index in [2.05, 4.69) is 36.1 Å². The zero-order valence-electron chi connectivity index (χ0n) is 16.1. The Balaban J connectivity index is 1.64. The second-order valence-electron chi connectivity index (χ2n) is 7.49. The molecule has 0 amide bonds. The maximum atomic E-state index is 5.66. The summed E-state index contributed by atoms with van der Waals surface area (Å²) >= 11 is 0. The maximum Gasteiger partial charge on any atom is 0.231 e. The largest absolute Gasteiger partial charge is 0.493 e. The van der Waals surface area contributed by atoms with Crippen LogP contribution < -0.4 is 18.9 Å². The van der Waals surface area contributed by atoms with Gasteiger partial charge in [-0.05, 0) is 72.3 Å². The zero-order chi connectivity index (χ0) is 18.5. The quantitative estimate of drug-likeness (QED) is 0.816. The van der Waals surface area contributed by atoms with Crippen molar-refractivity contribution in [1.82, 2.24) is 4.90 Å². The fourth-order valence-electron chi connectivity index (χ4n) is 4.93. The van der Waals surface area contributed by atoms with Gasteiger partial charge in [-0.2, -0.15) is 0 Å². The first-order valence-electron chi connectivity index (χ1n) is 9.66. The first-order valence-corrected chi connectivity index (χ1v) is 9.66. The van der Waals surface area contributed by atoms with Crippen LogP contribution in [-0.4, -0.2) is 32.5 Å². The van der Waals surface area contributed by atoms with E-state index in [1.807, 2.05) is 0 Å². The van der Waals surface area contributed by atoms with Gasteiger partial charge in [0.05, 0.1) is 14.2 Å². The Morgan fingerprint density at radius 3 is 2.15 bits per heavy atom. The zero-order valence-corrected chi connectivity index (χ0v) is 16.1. The number of ether oxygens (including phenoxy) is 4. The second-order valence-corrected chi connectivity index (χ2v) is 7.49. The van der Waals surface area contributed by atoms with E-state index in [1.165, 1.54) is 22.3 Å². The molecular weight excluding hydrogens is 342 g/mol. The first kappa shape index (κ1) is 16.8. The summed E-state index contributed by atoms with van der Waals surface area (Å²) in [6.45, 7) is 3.65. The van der Waals surface area contributed by atoms with Gasteiger partial charge < -0.3 is 18.9 Å². The van der Waals surface area contributed by atoms with Crippen LogP contribution in [0.1, 0.15) is 47.7 Å². The molecule has 0 aliphatic carbocycles. The lowest BCUT2D eigenvalue weighted by Crippen LogP contribution is -2.43. The molecule has 2 aromatic carbocycles. The van der Waals surface area contributed by atoms with Gasteiger partial charge in [0.2, 0.25) is 6.79 Å². The van der Waals surface area contributed by atoms with E-state index in [-0.39, 0.29) is 0 Å². The highest BCUT2D eigenvalue weighted by atomic mass is 16.7. The van der Waals surface area contributed by atoms with Gasteiger partial charge in [-0.25, -0.2) is 0 Å². The summed E-state index contributed by atoms with van der Waals surface area (Å²) in [5.74, 6) is 3.37. The van der Waals surface area contributed by atoms with E-state index >= 15 is 0 Å². The Bertz CT molecular complexity index is 894. The average Bonchev–Trinajstić information content (AvgIpc) is 3.14. The van der Waals surface area contributed by atoms with Gasteiger partial charge in [0.15, 0.2) is 23.0 Å². The van der Waals surface area contributed by atoms with Crippen molar-refractivity contribution in [2.24, 2.45) is 0 Å². The molecule has 2 bridgehead atoms. The fourth-order valence-corrected chi connectivity index (χ4v) is 4.93. The van der Waals surface area contributed by atoms with Gasteiger partial charge in [-0.3, -0.25) is 4.90 Å². The highest BCUT2D eigenvalue weighted by Crippen LogP contribution is 2.51. The summed E-state index contributed by atoms with van der Waals surface area (Å²) in [4.78, 5) is 2.65. The van der Waals surface area contributed by atoms with Crippen LogP contribution in [-0.2, 0) is 12.8 Å². The van der Waals surface area contributed by atoms with Crippen molar-refractivity contribution in [2.75, 3.05) is 27.6 Å². The highest BCUT2D eigenvalue weighted by Gasteiger charge is 2.41. The molecule has 27 heavy (non-hydrogen) atoms. The minimum absolute atomic E-state index is 0.319. The van der Waals surface area contributed by atoms with Gasteiger partial charge in [0, 0.05) is 12.1 Å². The summed E-state index contributed by atoms with van der Waals surface area (Å²) in [6.07, 6.45) is 3.08. The van der Waals surface area contributed by atoms with Gasteiger partial charge in [0.25, 0.3) is 0 Å². The third kappa shape index (κ3) is 2.48. The van der Waals surface area contributed by atoms with E-state index < -0.39 is 0 Å². The number of methoxy groups -OCH3 is 2. The molecule has 0 radical (unpaired) electrons. The Morgan fingerprint density at radius 1 is 0.889 bits per heavy atom. The monoisotopic (exact) mass is 367 g/mol. The van der Waals surface area contributed by atoms with E-state index in [9.17, 15) is 0 Å². The fraction of sp³-hybridized carbons (Fsp3) is 0.455. The predicted molar refractivity (Wildman–Crippen MR) is 102 cm³/mol. The van der Waals surface area contributed by atoms with Crippen molar-refractivity contribution < 1.29 is 18.9 Å². The number of benzene rings is 2. The van der Waals surface area contributed by atoms with Crippen molar-refractivity contribution in [3.05, 3.63) is 46.5 Å². The molecule has 0 N–H and O–H groups in total. The highest BCUT2D eigenvalue weighted by molar-refractivity contribution is 5.56. The molecule has 0 saturated carbocycles. The summed E-state index contributed by atoms with van der Waals surface area (Å²) in [7, 11) is 3.41. The number of rotatable bonds is 4. The molecule has 5 rings (SSSR count). The summed E-state index contributed by atoms with van der Waals surface area (Å²) in [5.41, 5.74) is 5.48. The topological polar surface area (TPSA) is 40.2 Å². The molecule has 0 fully saturated rings. The molecular formula is C22H25NO4. The molecule has 142 valence electrons. The van der Waals surface area contributed by atoms with Crippen LogP contribution >= 0.6 is 0 Å². The van der Waals surface area contributed by atoms with Gasteiger partial charge in [-0.1, -0.05) is 6.92 Å². The van der Waals surface area contributed by atoms with Crippen LogP contribution in [0.5, 0.6) is 23.0 Å². The molecule has 2 atom stereocenters. The third-order valence-corrected chi connectivity index (χ3v) is 6.11. The van der Waals surface area contributed by atoms with Crippen LogP contribution in [0.3, 0.4) is 0 Å². The predicted octanol–water partition coefficient (Wildman–Crippen LogP) is 4.04. The Morgan fingerprint density at radius 2 is 1.48 bits per heavy atom. The van der Waals surface area contributed by atoms with Crippen molar-refractivity contribution in [3.63, 3.8) is 0 Å². The lowest BCUT2D eigenvalue weighted by molar-refractivity contribution is 0.101. The van der Waals surface area contributed by atoms with E-state index in [1.54, 1.807) is 14.2 Å². The molecule has 2 aromatic rings. The minimum Gasteiger partial charge on any atom is -0.493 e. The standard InChI is InChI=1S/C22H25NO4/c1-4-5-23-17-7-14-9-21-22(27-12-26-21)11-16(14)18(23)6-13-8-19(24-2)20(25-3)10-15(13)17/h8-11,17-18H,4-7,12H2,1-3H3/t17-,18-/m0/s1. The lowest BCUT2D eigenvalue weighted by Gasteiger charge is -2.48. The van der Waals surface area contributed by atoms with Gasteiger partial charge in [0.1, 0.15) is 0 Å². The maximum absolute atomic E-state index is 5.66. The van der Waals surface area contributed by atoms with Crippen molar-refractivity contribution >= 4 is 0 Å². The Hall–Kier alpha value is -2.40. The van der Waals surface area contributed by atoms with E-state index in [4.69, 9.17) is 18.9 Å². The molecule has 5 heteroatoms. The molecule has 5 nitrogen and oxygen atoms in total. The van der Waals surface area contributed by atoms with Gasteiger partial charge in [-0.15, -0.1) is 0 Å². The molecule has 0 unspecified atom stereocenters. The average molecular weight is 367 g/mol. The summed E-state index contributed by atoms with van der Waals surface area (Å²) in [5, 5.41) is 0. The molecule has 0 spiro atoms. The van der Waals surface area contributed by atoms with Crippen LogP contribution in [0.15, 0.2) is 24.3 Å². The van der Waals surface area contributed by atoms with Crippen molar-refractivity contribution in [2.45, 2.75) is 38.3 Å². The van der Waals surface area contributed by atoms with Crippen molar-refractivity contribution in [3.8, 4) is 23.0 Å². The SMILES string of the molecule is CCCN1[C@H]2Cc3cc4c(cc3[C@@H]1Cc1cc(OC)c(OC)cc12)OCO4. The number of fused-ring (bicyclic) bond motifs is 7. The molecule has 3 heterocycles. The van der Waals surface area contributed by atoms with Crippen LogP contribution in [0.2, 0.25) is 0 Å². The molecule has 3 aliphatic heterocycles. The van der Waals surface area contributed by atoms with Crippen molar-refractivity contribution in [1.29, 1.82) is 0 Å². The molecule has 0 aromatic heterocycles. The van der Waals surface area contributed by atoms with Gasteiger partial charge >= 0.3 is 0 Å². The third-order valence-electron chi connectivity index (χ3n) is 6.11. The molecule has 0 saturated heterocycles. The minimum atomic E-state index is 0.319. The Labute approximate surface area is 159 Å².